The summed E-state index contributed by atoms with van der Waals surface area (Å²) >= 11 is 0. The van der Waals surface area contributed by atoms with Gasteiger partial charge in [0.25, 0.3) is 17.0 Å². The Labute approximate surface area is 211 Å². The lowest BCUT2D eigenvalue weighted by Gasteiger charge is -2.18. The molecule has 8 nitrogen and oxygen atoms in total. The number of non-ortho nitro benzene ring substituents is 1. The first-order valence-corrected chi connectivity index (χ1v) is 11.2. The van der Waals surface area contributed by atoms with Gasteiger partial charge in [-0.3, -0.25) is 24.3 Å². The molecular formula is C27H16F3N3O5. The molecule has 0 saturated carbocycles. The van der Waals surface area contributed by atoms with Crippen LogP contribution in [0.2, 0.25) is 0 Å². The van der Waals surface area contributed by atoms with E-state index in [4.69, 9.17) is 4.52 Å². The third-order valence-corrected chi connectivity index (χ3v) is 5.97. The number of hydrogen-bond acceptors (Lipinski definition) is 6. The summed E-state index contributed by atoms with van der Waals surface area (Å²) < 4.78 is 47.4. The van der Waals surface area contributed by atoms with Crippen molar-refractivity contribution in [1.82, 2.24) is 9.72 Å². The Morgan fingerprint density at radius 1 is 0.947 bits per heavy atom. The van der Waals surface area contributed by atoms with Crippen LogP contribution in [0, 0.1) is 10.1 Å². The number of aromatic nitrogens is 2. The van der Waals surface area contributed by atoms with Gasteiger partial charge in [0.2, 0.25) is 0 Å². The van der Waals surface area contributed by atoms with Crippen molar-refractivity contribution in [2.24, 2.45) is 0 Å². The van der Waals surface area contributed by atoms with E-state index in [1.165, 1.54) is 42.5 Å². The number of para-hydroxylation sites is 1. The van der Waals surface area contributed by atoms with Gasteiger partial charge in [-0.25, -0.2) is 0 Å². The largest absolute Gasteiger partial charge is 0.455 e. The number of ketones is 1. The molecule has 0 fully saturated rings. The van der Waals surface area contributed by atoms with E-state index in [-0.39, 0.29) is 28.9 Å². The molecule has 0 aliphatic heterocycles. The van der Waals surface area contributed by atoms with Gasteiger partial charge in [-0.1, -0.05) is 53.7 Å². The van der Waals surface area contributed by atoms with Gasteiger partial charge in [0.15, 0.2) is 5.76 Å². The second kappa shape index (κ2) is 9.43. The number of benzene rings is 3. The highest BCUT2D eigenvalue weighted by molar-refractivity contribution is 6.11. The number of nitro groups is 1. The molecule has 2 aromatic heterocycles. The molecule has 190 valence electrons. The fourth-order valence-electron chi connectivity index (χ4n) is 4.25. The number of pyridine rings is 1. The monoisotopic (exact) mass is 519 g/mol. The zero-order valence-electron chi connectivity index (χ0n) is 19.3. The third kappa shape index (κ3) is 4.45. The lowest BCUT2D eigenvalue weighted by molar-refractivity contribution is -0.384. The molecule has 0 aliphatic rings. The number of rotatable bonds is 6. The number of carbonyl (C=O) groups excluding carboxylic acids is 1. The molecule has 0 bridgehead atoms. The first-order valence-electron chi connectivity index (χ1n) is 11.2. The van der Waals surface area contributed by atoms with Crippen LogP contribution >= 0.6 is 0 Å². The van der Waals surface area contributed by atoms with Crippen LogP contribution in [0.25, 0.3) is 33.3 Å². The van der Waals surface area contributed by atoms with E-state index in [0.29, 0.717) is 22.3 Å². The average molecular weight is 519 g/mol. The molecular weight excluding hydrogens is 503 g/mol. The van der Waals surface area contributed by atoms with E-state index in [2.05, 4.69) is 5.16 Å². The number of halogens is 3. The molecule has 0 spiro atoms. The number of hydrogen-bond donors (Lipinski definition) is 0. The van der Waals surface area contributed by atoms with Crippen LogP contribution in [0.1, 0.15) is 16.1 Å². The molecule has 0 saturated heterocycles. The summed E-state index contributed by atoms with van der Waals surface area (Å²) in [7, 11) is 0. The van der Waals surface area contributed by atoms with Gasteiger partial charge < -0.3 is 4.52 Å². The summed E-state index contributed by atoms with van der Waals surface area (Å²) in [6.07, 6.45) is -5.28. The number of alkyl halides is 3. The van der Waals surface area contributed by atoms with Crippen LogP contribution in [-0.2, 0) is 6.54 Å². The van der Waals surface area contributed by atoms with E-state index in [9.17, 15) is 32.9 Å². The minimum atomic E-state index is -5.28. The Morgan fingerprint density at radius 3 is 2.26 bits per heavy atom. The van der Waals surface area contributed by atoms with Crippen LogP contribution in [0.4, 0.5) is 18.9 Å². The Hall–Kier alpha value is -5.06. The second-order valence-corrected chi connectivity index (χ2v) is 8.33. The topological polar surface area (TPSA) is 108 Å². The van der Waals surface area contributed by atoms with Gasteiger partial charge in [0, 0.05) is 34.7 Å². The summed E-state index contributed by atoms with van der Waals surface area (Å²) in [5.74, 6) is -2.12. The van der Waals surface area contributed by atoms with Crippen LogP contribution in [0.5, 0.6) is 0 Å². The highest BCUT2D eigenvalue weighted by atomic mass is 19.4. The SMILES string of the molecule is O=C(c1c(-c2ccccc2)c2ccccc2n(Cc2cc(-c3ccc([N+](=O)[O-])cc3)no2)c1=O)C(F)(F)F. The highest BCUT2D eigenvalue weighted by Crippen LogP contribution is 2.34. The van der Waals surface area contributed by atoms with Crippen molar-refractivity contribution in [2.75, 3.05) is 0 Å². The Morgan fingerprint density at radius 2 is 1.61 bits per heavy atom. The maximum atomic E-state index is 13.7. The molecule has 38 heavy (non-hydrogen) atoms. The van der Waals surface area contributed by atoms with Crippen LogP contribution < -0.4 is 5.56 Å². The molecule has 2 heterocycles. The molecule has 5 aromatic rings. The van der Waals surface area contributed by atoms with Gasteiger partial charge in [0.05, 0.1) is 17.0 Å². The van der Waals surface area contributed by atoms with E-state index < -0.39 is 28.0 Å². The van der Waals surface area contributed by atoms with E-state index in [1.54, 1.807) is 42.5 Å². The third-order valence-electron chi connectivity index (χ3n) is 5.97. The fourth-order valence-corrected chi connectivity index (χ4v) is 4.25. The fraction of sp³-hybridized carbons (Fsp3) is 0.0741. The molecule has 0 aliphatic carbocycles. The van der Waals surface area contributed by atoms with Crippen molar-refractivity contribution in [1.29, 1.82) is 0 Å². The zero-order chi connectivity index (χ0) is 27.0. The summed E-state index contributed by atoms with van der Waals surface area (Å²) in [5.41, 5.74) is -0.945. The lowest BCUT2D eigenvalue weighted by Crippen LogP contribution is -2.34. The molecule has 5 rings (SSSR count). The first kappa shape index (κ1) is 24.6. The van der Waals surface area contributed by atoms with Gasteiger partial charge in [-0.05, 0) is 23.8 Å². The second-order valence-electron chi connectivity index (χ2n) is 8.33. The van der Waals surface area contributed by atoms with E-state index in [0.717, 1.165) is 4.57 Å². The number of Topliss-reactive ketones (excluding diaryl/α,β-unsaturated/α-hetero) is 1. The normalized spacial score (nSPS) is 11.6. The minimum absolute atomic E-state index is 0.103. The van der Waals surface area contributed by atoms with Gasteiger partial charge in [-0.15, -0.1) is 0 Å². The Kier molecular flexibility index (Phi) is 6.11. The minimum Gasteiger partial charge on any atom is -0.359 e. The van der Waals surface area contributed by atoms with Crippen molar-refractivity contribution >= 4 is 22.4 Å². The molecule has 0 radical (unpaired) electrons. The number of fused-ring (bicyclic) bond motifs is 1. The summed E-state index contributed by atoms with van der Waals surface area (Å²) in [4.78, 5) is 36.5. The molecule has 3 aromatic carbocycles. The zero-order valence-corrected chi connectivity index (χ0v) is 19.3. The van der Waals surface area contributed by atoms with Gasteiger partial charge >= 0.3 is 6.18 Å². The van der Waals surface area contributed by atoms with Crippen molar-refractivity contribution in [2.45, 2.75) is 12.7 Å². The first-order chi connectivity index (χ1) is 18.1. The maximum Gasteiger partial charge on any atom is 0.455 e. The summed E-state index contributed by atoms with van der Waals surface area (Å²) in [5, 5.41) is 15.1. The molecule has 0 unspecified atom stereocenters. The maximum absolute atomic E-state index is 13.7. The quantitative estimate of drug-likeness (QED) is 0.154. The number of carbonyl (C=O) groups is 1. The van der Waals surface area contributed by atoms with Crippen molar-refractivity contribution in [3.8, 4) is 22.4 Å². The lowest BCUT2D eigenvalue weighted by atomic mass is 9.93. The standard InChI is InChI=1S/C27H16F3N3O5/c28-27(29,30)25(34)24-23(17-6-2-1-3-7-17)20-8-4-5-9-22(20)32(26(24)35)15-19-14-21(31-38-19)16-10-12-18(13-11-16)33(36)37/h1-14H,15H2. The van der Waals surface area contributed by atoms with Gasteiger partial charge in [-0.2, -0.15) is 13.2 Å². The van der Waals surface area contributed by atoms with Crippen LogP contribution in [-0.4, -0.2) is 26.6 Å². The van der Waals surface area contributed by atoms with Gasteiger partial charge in [0.1, 0.15) is 11.3 Å². The Bertz CT molecular complexity index is 1740. The van der Waals surface area contributed by atoms with Crippen molar-refractivity contribution in [3.05, 3.63) is 117 Å². The highest BCUT2D eigenvalue weighted by Gasteiger charge is 2.43. The van der Waals surface area contributed by atoms with Crippen molar-refractivity contribution < 1.29 is 27.4 Å². The smallest absolute Gasteiger partial charge is 0.359 e. The summed E-state index contributed by atoms with van der Waals surface area (Å²) in [6.45, 7) is -0.313. The Balaban J connectivity index is 1.67. The van der Waals surface area contributed by atoms with Crippen LogP contribution in [0.3, 0.4) is 0 Å². The van der Waals surface area contributed by atoms with E-state index in [1.807, 2.05) is 0 Å². The summed E-state index contributed by atoms with van der Waals surface area (Å²) in [6, 6.07) is 21.3. The predicted octanol–water partition coefficient (Wildman–Crippen LogP) is 6.03. The average Bonchev–Trinajstić information content (AvgIpc) is 3.38. The number of nitro benzene ring substituents is 1. The predicted molar refractivity (Wildman–Crippen MR) is 132 cm³/mol. The molecule has 0 N–H and O–H groups in total. The molecule has 0 amide bonds. The van der Waals surface area contributed by atoms with E-state index >= 15 is 0 Å². The molecule has 11 heteroatoms. The van der Waals surface area contributed by atoms with Crippen molar-refractivity contribution in [3.63, 3.8) is 0 Å². The number of nitrogens with zero attached hydrogens (tertiary/aromatic N) is 3. The molecule has 0 atom stereocenters. The van der Waals surface area contributed by atoms with Crippen LogP contribution in [0.15, 0.2) is 94.2 Å².